The summed E-state index contributed by atoms with van der Waals surface area (Å²) in [5.41, 5.74) is 10.3. The molecule has 0 radical (unpaired) electrons. The van der Waals surface area contributed by atoms with Crippen LogP contribution in [-0.4, -0.2) is 31.7 Å². The second-order valence-electron chi connectivity index (χ2n) is 7.16. The van der Waals surface area contributed by atoms with Gasteiger partial charge >= 0.3 is 0 Å². The van der Waals surface area contributed by atoms with Crippen molar-refractivity contribution in [3.63, 3.8) is 0 Å². The van der Waals surface area contributed by atoms with E-state index in [2.05, 4.69) is 0 Å². The van der Waals surface area contributed by atoms with Gasteiger partial charge in [0.05, 0.1) is 32.7 Å². The summed E-state index contributed by atoms with van der Waals surface area (Å²) < 4.78 is 18.1. The van der Waals surface area contributed by atoms with E-state index in [0.29, 0.717) is 34.1 Å². The summed E-state index contributed by atoms with van der Waals surface area (Å²) in [4.78, 5) is 13.7. The van der Waals surface area contributed by atoms with Crippen molar-refractivity contribution in [2.45, 2.75) is 0 Å². The number of rotatable bonds is 7. The van der Waals surface area contributed by atoms with E-state index < -0.39 is 0 Å². The Kier molecular flexibility index (Phi) is 5.85. The summed E-state index contributed by atoms with van der Waals surface area (Å²) in [7, 11) is 4.57. The first-order valence-electron chi connectivity index (χ1n) is 10.0. The number of nitrogens with two attached hydrogens (primary N) is 1. The second kappa shape index (κ2) is 8.89. The number of nitrogens with zero attached hydrogens (tertiary/aromatic N) is 1. The topological polar surface area (TPSA) is 75.7 Å². The first-order valence-corrected chi connectivity index (χ1v) is 10.0. The maximum atomic E-state index is 13.7. The Bertz CT molecular complexity index is 1240. The molecule has 0 fully saturated rings. The van der Waals surface area contributed by atoms with Gasteiger partial charge in [-0.1, -0.05) is 42.5 Å². The number of benzene rings is 3. The molecule has 32 heavy (non-hydrogen) atoms. The lowest BCUT2D eigenvalue weighted by Crippen LogP contribution is -2.05. The van der Waals surface area contributed by atoms with E-state index in [0.717, 1.165) is 16.8 Å². The maximum Gasteiger partial charge on any atom is 0.203 e. The lowest BCUT2D eigenvalue weighted by atomic mass is 9.97. The summed E-state index contributed by atoms with van der Waals surface area (Å²) in [6.45, 7) is 0. The van der Waals surface area contributed by atoms with Crippen LogP contribution in [0.15, 0.2) is 79.1 Å². The number of hydrogen-bond donors (Lipinski definition) is 1. The smallest absolute Gasteiger partial charge is 0.203 e. The summed E-state index contributed by atoms with van der Waals surface area (Å²) in [5, 5.41) is 0. The molecule has 0 amide bonds. The van der Waals surface area contributed by atoms with Crippen LogP contribution in [0, 0.1) is 0 Å². The molecular formula is C26H24N2O4. The second-order valence-corrected chi connectivity index (χ2v) is 7.16. The number of ether oxygens (including phenoxy) is 3. The SMILES string of the molecule is COc1cc(C(=O)c2cn(-c3ccccc3N)cc2-c2ccccc2)cc(OC)c1OC. The van der Waals surface area contributed by atoms with E-state index in [-0.39, 0.29) is 5.78 Å². The molecule has 0 unspecified atom stereocenters. The molecule has 6 nitrogen and oxygen atoms in total. The molecule has 3 aromatic carbocycles. The number of methoxy groups -OCH3 is 3. The van der Waals surface area contributed by atoms with Crippen LogP contribution in [0.1, 0.15) is 15.9 Å². The number of aromatic nitrogens is 1. The molecule has 0 aliphatic heterocycles. The van der Waals surface area contributed by atoms with Crippen LogP contribution in [0.4, 0.5) is 5.69 Å². The molecule has 1 heterocycles. The largest absolute Gasteiger partial charge is 0.493 e. The molecule has 162 valence electrons. The Morgan fingerprint density at radius 2 is 1.44 bits per heavy atom. The summed E-state index contributed by atoms with van der Waals surface area (Å²) in [6.07, 6.45) is 3.73. The van der Waals surface area contributed by atoms with E-state index in [1.165, 1.54) is 21.3 Å². The number of carbonyl (C=O) groups excluding carboxylic acids is 1. The number of anilines is 1. The van der Waals surface area contributed by atoms with Gasteiger partial charge in [0.2, 0.25) is 5.75 Å². The van der Waals surface area contributed by atoms with Crippen molar-refractivity contribution >= 4 is 11.5 Å². The van der Waals surface area contributed by atoms with Crippen molar-refractivity contribution in [2.75, 3.05) is 27.1 Å². The Morgan fingerprint density at radius 1 is 0.812 bits per heavy atom. The highest BCUT2D eigenvalue weighted by Gasteiger charge is 2.22. The molecule has 0 saturated carbocycles. The van der Waals surface area contributed by atoms with Gasteiger partial charge in [-0.25, -0.2) is 0 Å². The Hall–Kier alpha value is -4.19. The van der Waals surface area contributed by atoms with Crippen LogP contribution in [-0.2, 0) is 0 Å². The third kappa shape index (κ3) is 3.78. The fourth-order valence-electron chi connectivity index (χ4n) is 3.71. The van der Waals surface area contributed by atoms with E-state index in [4.69, 9.17) is 19.9 Å². The van der Waals surface area contributed by atoms with Crippen molar-refractivity contribution < 1.29 is 19.0 Å². The fourth-order valence-corrected chi connectivity index (χ4v) is 3.71. The number of nitrogen functional groups attached to an aromatic ring is 1. The molecule has 1 aromatic heterocycles. The number of carbonyl (C=O) groups is 1. The molecule has 6 heteroatoms. The number of hydrogen-bond acceptors (Lipinski definition) is 5. The molecule has 0 aliphatic carbocycles. The fraction of sp³-hybridized carbons (Fsp3) is 0.115. The van der Waals surface area contributed by atoms with Crippen LogP contribution >= 0.6 is 0 Å². The highest BCUT2D eigenvalue weighted by Crippen LogP contribution is 2.39. The van der Waals surface area contributed by atoms with Crippen molar-refractivity contribution in [3.05, 3.63) is 90.3 Å². The van der Waals surface area contributed by atoms with Gasteiger partial charge in [-0.3, -0.25) is 4.79 Å². The zero-order valence-electron chi connectivity index (χ0n) is 18.2. The lowest BCUT2D eigenvalue weighted by molar-refractivity contribution is 0.103. The highest BCUT2D eigenvalue weighted by atomic mass is 16.5. The van der Waals surface area contributed by atoms with Gasteiger partial charge in [0.25, 0.3) is 0 Å². The predicted molar refractivity (Wildman–Crippen MR) is 125 cm³/mol. The average Bonchev–Trinajstić information content (AvgIpc) is 3.28. The third-order valence-electron chi connectivity index (χ3n) is 5.30. The minimum atomic E-state index is -0.170. The normalized spacial score (nSPS) is 10.6. The molecule has 0 atom stereocenters. The third-order valence-corrected chi connectivity index (χ3v) is 5.30. The van der Waals surface area contributed by atoms with Gasteiger partial charge < -0.3 is 24.5 Å². The summed E-state index contributed by atoms with van der Waals surface area (Å²) in [5.74, 6) is 1.10. The molecule has 2 N–H and O–H groups in total. The number of para-hydroxylation sites is 2. The quantitative estimate of drug-likeness (QED) is 0.332. The van der Waals surface area contributed by atoms with Gasteiger partial charge in [0.15, 0.2) is 17.3 Å². The average molecular weight is 428 g/mol. The van der Waals surface area contributed by atoms with Gasteiger partial charge in [-0.15, -0.1) is 0 Å². The van der Waals surface area contributed by atoms with Crippen LogP contribution < -0.4 is 19.9 Å². The first-order chi connectivity index (χ1) is 15.6. The van der Waals surface area contributed by atoms with E-state index >= 15 is 0 Å². The van der Waals surface area contributed by atoms with Gasteiger partial charge in [-0.05, 0) is 29.8 Å². The van der Waals surface area contributed by atoms with Gasteiger partial charge in [0.1, 0.15) is 0 Å². The summed E-state index contributed by atoms with van der Waals surface area (Å²) >= 11 is 0. The molecule has 0 aliphatic rings. The van der Waals surface area contributed by atoms with Gasteiger partial charge in [0, 0.05) is 29.1 Å². The van der Waals surface area contributed by atoms with Crippen molar-refractivity contribution in [3.8, 4) is 34.1 Å². The van der Waals surface area contributed by atoms with Gasteiger partial charge in [-0.2, -0.15) is 0 Å². The number of ketones is 1. The van der Waals surface area contributed by atoms with E-state index in [1.54, 1.807) is 18.3 Å². The molecular weight excluding hydrogens is 404 g/mol. The zero-order chi connectivity index (χ0) is 22.7. The van der Waals surface area contributed by atoms with Crippen LogP contribution in [0.25, 0.3) is 16.8 Å². The zero-order valence-corrected chi connectivity index (χ0v) is 18.2. The minimum absolute atomic E-state index is 0.170. The monoisotopic (exact) mass is 428 g/mol. The van der Waals surface area contributed by atoms with Crippen LogP contribution in [0.2, 0.25) is 0 Å². The minimum Gasteiger partial charge on any atom is -0.493 e. The molecule has 4 rings (SSSR count). The Labute approximate surface area is 186 Å². The molecule has 0 saturated heterocycles. The Morgan fingerprint density at radius 3 is 2.03 bits per heavy atom. The summed E-state index contributed by atoms with van der Waals surface area (Å²) in [6, 6.07) is 20.6. The predicted octanol–water partition coefficient (Wildman–Crippen LogP) is 4.98. The molecule has 4 aromatic rings. The van der Waals surface area contributed by atoms with E-state index in [1.807, 2.05) is 65.4 Å². The maximum absolute atomic E-state index is 13.7. The van der Waals surface area contributed by atoms with Crippen LogP contribution in [0.3, 0.4) is 0 Å². The van der Waals surface area contributed by atoms with Crippen molar-refractivity contribution in [1.29, 1.82) is 0 Å². The van der Waals surface area contributed by atoms with E-state index in [9.17, 15) is 4.79 Å². The Balaban J connectivity index is 1.89. The lowest BCUT2D eigenvalue weighted by Gasteiger charge is -2.14. The van der Waals surface area contributed by atoms with Crippen LogP contribution in [0.5, 0.6) is 17.2 Å². The molecule has 0 spiro atoms. The highest BCUT2D eigenvalue weighted by molar-refractivity contribution is 6.13. The van der Waals surface area contributed by atoms with Crippen molar-refractivity contribution in [1.82, 2.24) is 4.57 Å². The molecule has 0 bridgehead atoms. The standard InChI is InChI=1S/C26H24N2O4/c1-30-23-13-18(14-24(31-2)26(23)32-3)25(29)20-16-28(22-12-8-7-11-21(22)27)15-19(20)17-9-5-4-6-10-17/h4-16H,27H2,1-3H3. The van der Waals surface area contributed by atoms with Crippen molar-refractivity contribution in [2.24, 2.45) is 0 Å². The first kappa shape index (κ1) is 21.1.